The molecule has 0 spiro atoms. The van der Waals surface area contributed by atoms with Crippen molar-refractivity contribution in [2.24, 2.45) is 16.0 Å². The topological polar surface area (TPSA) is 48.8 Å². The zero-order chi connectivity index (χ0) is 16.9. The fraction of sp³-hybridized carbons (Fsp3) is 0.263. The molecular formula is C19H22N4S. The highest BCUT2D eigenvalue weighted by Gasteiger charge is 2.19. The van der Waals surface area contributed by atoms with Gasteiger partial charge < -0.3 is 5.32 Å². The number of hydrazone groups is 1. The van der Waals surface area contributed by atoms with E-state index in [1.807, 2.05) is 37.3 Å². The third kappa shape index (κ3) is 3.92. The Balaban J connectivity index is 1.77. The molecule has 0 fully saturated rings. The number of benzene rings is 1. The summed E-state index contributed by atoms with van der Waals surface area (Å²) in [6, 6.07) is 14.4. The Kier molecular flexibility index (Phi) is 5.11. The first-order valence-electron chi connectivity index (χ1n) is 8.09. The van der Waals surface area contributed by atoms with E-state index in [-0.39, 0.29) is 6.04 Å². The van der Waals surface area contributed by atoms with Gasteiger partial charge in [0, 0.05) is 0 Å². The van der Waals surface area contributed by atoms with Crippen molar-refractivity contribution in [1.29, 1.82) is 0 Å². The van der Waals surface area contributed by atoms with Crippen LogP contribution in [0.15, 0.2) is 64.0 Å². The summed E-state index contributed by atoms with van der Waals surface area (Å²) in [4.78, 5) is 5.93. The molecule has 0 radical (unpaired) electrons. The van der Waals surface area contributed by atoms with E-state index in [0.29, 0.717) is 11.9 Å². The van der Waals surface area contributed by atoms with Crippen LogP contribution in [0.4, 0.5) is 0 Å². The van der Waals surface area contributed by atoms with E-state index in [9.17, 15) is 0 Å². The lowest BCUT2D eigenvalue weighted by Crippen LogP contribution is -2.38. The molecule has 1 aliphatic rings. The van der Waals surface area contributed by atoms with Gasteiger partial charge in [0.2, 0.25) is 5.96 Å². The molecule has 2 aromatic rings. The maximum atomic E-state index is 4.72. The number of hydrogen-bond donors (Lipinski definition) is 2. The van der Waals surface area contributed by atoms with E-state index in [1.165, 1.54) is 4.88 Å². The van der Waals surface area contributed by atoms with Crippen LogP contribution in [0.2, 0.25) is 0 Å². The Bertz CT molecular complexity index is 758. The third-order valence-corrected chi connectivity index (χ3v) is 4.76. The van der Waals surface area contributed by atoms with E-state index in [4.69, 9.17) is 4.99 Å². The van der Waals surface area contributed by atoms with Crippen LogP contribution in [0, 0.1) is 5.92 Å². The summed E-state index contributed by atoms with van der Waals surface area (Å²) in [5.74, 6) is 1.12. The molecule has 1 aromatic carbocycles. The summed E-state index contributed by atoms with van der Waals surface area (Å²) in [6.07, 6.45) is 2.19. The number of guanidine groups is 1. The second kappa shape index (κ2) is 7.45. The van der Waals surface area contributed by atoms with Crippen molar-refractivity contribution in [2.75, 3.05) is 0 Å². The van der Waals surface area contributed by atoms with E-state index in [1.54, 1.807) is 11.3 Å². The molecule has 0 aliphatic carbocycles. The summed E-state index contributed by atoms with van der Waals surface area (Å²) in [5, 5.41) is 9.91. The van der Waals surface area contributed by atoms with E-state index in [2.05, 4.69) is 53.3 Å². The Morgan fingerprint density at radius 1 is 1.21 bits per heavy atom. The van der Waals surface area contributed by atoms with Crippen molar-refractivity contribution < 1.29 is 0 Å². The summed E-state index contributed by atoms with van der Waals surface area (Å²) >= 11 is 1.72. The van der Waals surface area contributed by atoms with Crippen LogP contribution in [0.5, 0.6) is 0 Å². The first-order chi connectivity index (χ1) is 11.6. The average molecular weight is 338 g/mol. The van der Waals surface area contributed by atoms with Crippen molar-refractivity contribution in [3.05, 3.63) is 64.4 Å². The van der Waals surface area contributed by atoms with Gasteiger partial charge >= 0.3 is 0 Å². The zero-order valence-corrected chi connectivity index (χ0v) is 15.0. The molecule has 0 saturated carbocycles. The van der Waals surface area contributed by atoms with Gasteiger partial charge in [-0.3, -0.25) is 0 Å². The van der Waals surface area contributed by atoms with Gasteiger partial charge in [0.25, 0.3) is 0 Å². The molecule has 24 heavy (non-hydrogen) atoms. The number of aliphatic imine (C=N–C) groups is 1. The van der Waals surface area contributed by atoms with Gasteiger partial charge in [-0.2, -0.15) is 5.10 Å². The molecule has 1 unspecified atom stereocenters. The molecule has 0 amide bonds. The molecule has 0 bridgehead atoms. The van der Waals surface area contributed by atoms with Gasteiger partial charge in [0.15, 0.2) is 0 Å². The minimum atomic E-state index is 0.137. The van der Waals surface area contributed by atoms with E-state index >= 15 is 0 Å². The molecule has 1 aliphatic heterocycles. The second-order valence-electron chi connectivity index (χ2n) is 6.07. The first-order valence-corrected chi connectivity index (χ1v) is 8.97. The standard InChI is InChI=1S/C19H22N4S/c1-13(2)16-12-17(18-10-7-11-24-18)21-19(20-16)23-22-14(3)15-8-5-4-6-9-15/h4-13,16H,1-3H3,(H2,20,21,23)/b22-14+. The van der Waals surface area contributed by atoms with Crippen molar-refractivity contribution >= 4 is 28.7 Å². The average Bonchev–Trinajstić information content (AvgIpc) is 3.15. The molecular weight excluding hydrogens is 316 g/mol. The van der Waals surface area contributed by atoms with Crippen molar-refractivity contribution in [3.63, 3.8) is 0 Å². The van der Waals surface area contributed by atoms with Crippen LogP contribution in [0.1, 0.15) is 31.2 Å². The minimum absolute atomic E-state index is 0.137. The lowest BCUT2D eigenvalue weighted by atomic mass is 10.0. The molecule has 0 saturated heterocycles. The van der Waals surface area contributed by atoms with Crippen LogP contribution in [-0.2, 0) is 0 Å². The Labute approximate surface area is 147 Å². The van der Waals surface area contributed by atoms with Crippen LogP contribution in [-0.4, -0.2) is 17.7 Å². The SMILES string of the molecule is C/C(=N\NC1=NC(C(C)C)C=C(c2cccs2)N1)c1ccccc1. The minimum Gasteiger partial charge on any atom is -0.324 e. The molecule has 2 N–H and O–H groups in total. The Morgan fingerprint density at radius 2 is 2.00 bits per heavy atom. The quantitative estimate of drug-likeness (QED) is 0.652. The number of nitrogens with one attached hydrogen (secondary N) is 2. The van der Waals surface area contributed by atoms with Crippen LogP contribution < -0.4 is 10.7 Å². The maximum Gasteiger partial charge on any atom is 0.217 e. The molecule has 1 atom stereocenters. The predicted molar refractivity (Wildman–Crippen MR) is 103 cm³/mol. The number of rotatable bonds is 4. The smallest absolute Gasteiger partial charge is 0.217 e. The Morgan fingerprint density at radius 3 is 2.67 bits per heavy atom. The van der Waals surface area contributed by atoms with Gasteiger partial charge in [0.05, 0.1) is 22.3 Å². The van der Waals surface area contributed by atoms with Gasteiger partial charge in [-0.05, 0) is 35.9 Å². The van der Waals surface area contributed by atoms with Crippen LogP contribution in [0.25, 0.3) is 5.70 Å². The van der Waals surface area contributed by atoms with Crippen LogP contribution in [0.3, 0.4) is 0 Å². The summed E-state index contributed by atoms with van der Waals surface area (Å²) < 4.78 is 0. The lowest BCUT2D eigenvalue weighted by molar-refractivity contribution is 0.564. The summed E-state index contributed by atoms with van der Waals surface area (Å²) in [6.45, 7) is 6.35. The monoisotopic (exact) mass is 338 g/mol. The highest BCUT2D eigenvalue weighted by Crippen LogP contribution is 2.23. The van der Waals surface area contributed by atoms with Gasteiger partial charge in [-0.1, -0.05) is 50.2 Å². The molecule has 2 heterocycles. The Hall–Kier alpha value is -2.40. The predicted octanol–water partition coefficient (Wildman–Crippen LogP) is 4.09. The zero-order valence-electron chi connectivity index (χ0n) is 14.2. The van der Waals surface area contributed by atoms with E-state index < -0.39 is 0 Å². The molecule has 124 valence electrons. The van der Waals surface area contributed by atoms with Gasteiger partial charge in [-0.25, -0.2) is 10.4 Å². The second-order valence-corrected chi connectivity index (χ2v) is 7.02. The molecule has 5 heteroatoms. The third-order valence-electron chi connectivity index (χ3n) is 3.86. The number of nitrogens with zero attached hydrogens (tertiary/aromatic N) is 2. The fourth-order valence-corrected chi connectivity index (χ4v) is 3.12. The van der Waals surface area contributed by atoms with Crippen molar-refractivity contribution in [1.82, 2.24) is 10.7 Å². The van der Waals surface area contributed by atoms with Crippen molar-refractivity contribution in [2.45, 2.75) is 26.8 Å². The lowest BCUT2D eigenvalue weighted by Gasteiger charge is -2.23. The largest absolute Gasteiger partial charge is 0.324 e. The van der Waals surface area contributed by atoms with E-state index in [0.717, 1.165) is 17.0 Å². The molecule has 3 rings (SSSR count). The fourth-order valence-electron chi connectivity index (χ4n) is 2.41. The summed E-state index contributed by atoms with van der Waals surface area (Å²) in [5.41, 5.74) is 6.20. The molecule has 1 aromatic heterocycles. The number of thiophene rings is 1. The molecule has 4 nitrogen and oxygen atoms in total. The number of hydrogen-bond acceptors (Lipinski definition) is 5. The van der Waals surface area contributed by atoms with Crippen LogP contribution >= 0.6 is 11.3 Å². The highest BCUT2D eigenvalue weighted by atomic mass is 32.1. The summed E-state index contributed by atoms with van der Waals surface area (Å²) in [7, 11) is 0. The highest BCUT2D eigenvalue weighted by molar-refractivity contribution is 7.11. The van der Waals surface area contributed by atoms with Gasteiger partial charge in [0.1, 0.15) is 0 Å². The first kappa shape index (κ1) is 16.5. The normalized spacial score (nSPS) is 18.0. The van der Waals surface area contributed by atoms with Crippen molar-refractivity contribution in [3.8, 4) is 0 Å². The van der Waals surface area contributed by atoms with Gasteiger partial charge in [-0.15, -0.1) is 11.3 Å². The maximum absolute atomic E-state index is 4.72.